The van der Waals surface area contributed by atoms with E-state index in [-0.39, 0.29) is 0 Å². The average molecular weight is 238 g/mol. The third-order valence-corrected chi connectivity index (χ3v) is 3.76. The fraction of sp³-hybridized carbons (Fsp3) is 0.333. The average Bonchev–Trinajstić information content (AvgIpc) is 2.35. The quantitative estimate of drug-likeness (QED) is 0.641. The molecule has 0 radical (unpaired) electrons. The summed E-state index contributed by atoms with van der Waals surface area (Å²) in [5, 5.41) is 0. The highest BCUT2D eigenvalue weighted by atomic mass is 14.2. The maximum Gasteiger partial charge on any atom is -0.0120 e. The summed E-state index contributed by atoms with van der Waals surface area (Å²) in [5.74, 6) is 0. The molecule has 18 heavy (non-hydrogen) atoms. The maximum atomic E-state index is 2.30. The smallest absolute Gasteiger partial charge is 0.0120 e. The minimum atomic E-state index is 1.18. The molecule has 0 fully saturated rings. The van der Waals surface area contributed by atoms with Gasteiger partial charge in [-0.1, -0.05) is 42.0 Å². The summed E-state index contributed by atoms with van der Waals surface area (Å²) < 4.78 is 0. The Labute approximate surface area is 111 Å². The Morgan fingerprint density at radius 1 is 1.11 bits per heavy atom. The molecule has 2 rings (SSSR count). The van der Waals surface area contributed by atoms with Crippen LogP contribution in [-0.4, -0.2) is 0 Å². The summed E-state index contributed by atoms with van der Waals surface area (Å²) in [6, 6.07) is 4.46. The zero-order chi connectivity index (χ0) is 13.1. The lowest BCUT2D eigenvalue weighted by Gasteiger charge is -2.19. The molecule has 0 aliphatic heterocycles. The van der Waals surface area contributed by atoms with Crippen LogP contribution in [0.5, 0.6) is 0 Å². The van der Waals surface area contributed by atoms with Crippen LogP contribution in [0, 0.1) is 13.8 Å². The summed E-state index contributed by atoms with van der Waals surface area (Å²) in [4.78, 5) is 0. The SMILES string of the molecule is C/C=C\c1ccc(C)c(C2=C(C)CCC=C2)c1C. The molecule has 1 aliphatic rings. The van der Waals surface area contributed by atoms with Crippen LogP contribution in [0.15, 0.2) is 35.9 Å². The monoisotopic (exact) mass is 238 g/mol. The van der Waals surface area contributed by atoms with Gasteiger partial charge in [0.05, 0.1) is 0 Å². The number of aryl methyl sites for hydroxylation is 1. The second-order valence-corrected chi connectivity index (χ2v) is 5.11. The van der Waals surface area contributed by atoms with E-state index >= 15 is 0 Å². The summed E-state index contributed by atoms with van der Waals surface area (Å²) in [5.41, 5.74) is 8.48. The van der Waals surface area contributed by atoms with Crippen molar-refractivity contribution in [3.63, 3.8) is 0 Å². The van der Waals surface area contributed by atoms with Gasteiger partial charge in [0.15, 0.2) is 0 Å². The molecule has 1 aromatic carbocycles. The molecule has 0 spiro atoms. The van der Waals surface area contributed by atoms with E-state index in [9.17, 15) is 0 Å². The second-order valence-electron chi connectivity index (χ2n) is 5.11. The van der Waals surface area contributed by atoms with Gasteiger partial charge < -0.3 is 0 Å². The summed E-state index contributed by atoms with van der Waals surface area (Å²) in [6.07, 6.45) is 11.3. The van der Waals surface area contributed by atoms with Gasteiger partial charge in [0.1, 0.15) is 0 Å². The highest BCUT2D eigenvalue weighted by molar-refractivity contribution is 5.82. The van der Waals surface area contributed by atoms with Crippen LogP contribution in [-0.2, 0) is 0 Å². The largest absolute Gasteiger partial charge is 0.0871 e. The standard InChI is InChI=1S/C18H22/c1-5-8-16-12-11-14(3)18(15(16)4)17-10-7-6-9-13(17)2/h5,7-8,10-12H,6,9H2,1-4H3/b8-5-. The molecule has 0 heteroatoms. The van der Waals surface area contributed by atoms with Crippen molar-refractivity contribution in [1.29, 1.82) is 0 Å². The van der Waals surface area contributed by atoms with Crippen molar-refractivity contribution < 1.29 is 0 Å². The zero-order valence-electron chi connectivity index (χ0n) is 11.9. The molecule has 1 aromatic rings. The van der Waals surface area contributed by atoms with Gasteiger partial charge in [0, 0.05) is 0 Å². The lowest BCUT2D eigenvalue weighted by atomic mass is 9.86. The predicted octanol–water partition coefficient (Wildman–Crippen LogP) is 5.46. The number of rotatable bonds is 2. The number of hydrogen-bond acceptors (Lipinski definition) is 0. The highest BCUT2D eigenvalue weighted by Crippen LogP contribution is 2.33. The first-order valence-electron chi connectivity index (χ1n) is 6.74. The highest BCUT2D eigenvalue weighted by Gasteiger charge is 2.13. The zero-order valence-corrected chi connectivity index (χ0v) is 11.9. The van der Waals surface area contributed by atoms with Gasteiger partial charge >= 0.3 is 0 Å². The molecule has 0 bridgehead atoms. The first-order valence-corrected chi connectivity index (χ1v) is 6.74. The van der Waals surface area contributed by atoms with Gasteiger partial charge in [-0.2, -0.15) is 0 Å². The molecule has 0 nitrogen and oxygen atoms in total. The molecule has 0 amide bonds. The molecule has 0 heterocycles. The van der Waals surface area contributed by atoms with Crippen molar-refractivity contribution in [3.8, 4) is 0 Å². The van der Waals surface area contributed by atoms with Crippen molar-refractivity contribution in [2.75, 3.05) is 0 Å². The second kappa shape index (κ2) is 5.39. The number of allylic oxidation sites excluding steroid dienone is 5. The van der Waals surface area contributed by atoms with Crippen molar-refractivity contribution in [3.05, 3.63) is 58.2 Å². The molecule has 0 N–H and O–H groups in total. The van der Waals surface area contributed by atoms with Crippen molar-refractivity contribution in [2.45, 2.75) is 40.5 Å². The van der Waals surface area contributed by atoms with E-state index in [0.717, 1.165) is 0 Å². The number of benzene rings is 1. The van der Waals surface area contributed by atoms with Gasteiger partial charge in [-0.05, 0) is 68.4 Å². The Bertz CT molecular complexity index is 539. The third kappa shape index (κ3) is 2.33. The van der Waals surface area contributed by atoms with Crippen LogP contribution < -0.4 is 0 Å². The van der Waals surface area contributed by atoms with Crippen LogP contribution in [0.25, 0.3) is 11.6 Å². The summed E-state index contributed by atoms with van der Waals surface area (Å²) in [7, 11) is 0. The van der Waals surface area contributed by atoms with E-state index in [1.807, 2.05) is 0 Å². The Hall–Kier alpha value is -1.56. The van der Waals surface area contributed by atoms with Gasteiger partial charge in [-0.25, -0.2) is 0 Å². The first-order chi connectivity index (χ1) is 8.65. The topological polar surface area (TPSA) is 0 Å². The maximum absolute atomic E-state index is 2.30. The Kier molecular flexibility index (Phi) is 3.86. The van der Waals surface area contributed by atoms with Crippen LogP contribution in [0.1, 0.15) is 48.9 Å². The lowest BCUT2D eigenvalue weighted by Crippen LogP contribution is -1.99. The summed E-state index contributed by atoms with van der Waals surface area (Å²) >= 11 is 0. The van der Waals surface area contributed by atoms with Gasteiger partial charge in [0.2, 0.25) is 0 Å². The molecule has 94 valence electrons. The fourth-order valence-corrected chi connectivity index (χ4v) is 2.71. The van der Waals surface area contributed by atoms with E-state index in [1.54, 1.807) is 0 Å². The minimum Gasteiger partial charge on any atom is -0.0871 e. The van der Waals surface area contributed by atoms with E-state index in [0.29, 0.717) is 0 Å². The van der Waals surface area contributed by atoms with Crippen LogP contribution in [0.4, 0.5) is 0 Å². The van der Waals surface area contributed by atoms with E-state index in [4.69, 9.17) is 0 Å². The van der Waals surface area contributed by atoms with Crippen LogP contribution in [0.2, 0.25) is 0 Å². The Balaban J connectivity index is 2.63. The van der Waals surface area contributed by atoms with Crippen LogP contribution in [0.3, 0.4) is 0 Å². The predicted molar refractivity (Wildman–Crippen MR) is 81.6 cm³/mol. The molecule has 0 unspecified atom stereocenters. The minimum absolute atomic E-state index is 1.18. The van der Waals surface area contributed by atoms with Gasteiger partial charge in [-0.15, -0.1) is 0 Å². The number of hydrogen-bond donors (Lipinski definition) is 0. The third-order valence-electron chi connectivity index (χ3n) is 3.76. The lowest BCUT2D eigenvalue weighted by molar-refractivity contribution is 0.966. The fourth-order valence-electron chi connectivity index (χ4n) is 2.71. The van der Waals surface area contributed by atoms with Crippen molar-refractivity contribution in [2.24, 2.45) is 0 Å². The molecule has 1 aliphatic carbocycles. The Morgan fingerprint density at radius 3 is 2.56 bits per heavy atom. The van der Waals surface area contributed by atoms with Crippen molar-refractivity contribution >= 4 is 11.6 Å². The van der Waals surface area contributed by atoms with E-state index in [2.05, 4.69) is 64.1 Å². The first kappa shape index (κ1) is 12.9. The summed E-state index contributed by atoms with van der Waals surface area (Å²) in [6.45, 7) is 8.79. The molecule has 0 atom stereocenters. The van der Waals surface area contributed by atoms with E-state index in [1.165, 1.54) is 46.2 Å². The molecule has 0 saturated heterocycles. The van der Waals surface area contributed by atoms with Crippen molar-refractivity contribution in [1.82, 2.24) is 0 Å². The van der Waals surface area contributed by atoms with Gasteiger partial charge in [-0.3, -0.25) is 0 Å². The normalized spacial score (nSPS) is 15.8. The molecular weight excluding hydrogens is 216 g/mol. The van der Waals surface area contributed by atoms with Crippen LogP contribution >= 0.6 is 0 Å². The van der Waals surface area contributed by atoms with E-state index < -0.39 is 0 Å². The van der Waals surface area contributed by atoms with Gasteiger partial charge in [0.25, 0.3) is 0 Å². The molecular formula is C18H22. The molecule has 0 aromatic heterocycles. The Morgan fingerprint density at radius 2 is 1.89 bits per heavy atom. The molecule has 0 saturated carbocycles.